The van der Waals surface area contributed by atoms with Crippen molar-refractivity contribution in [1.82, 2.24) is 15.5 Å². The fourth-order valence-electron chi connectivity index (χ4n) is 2.24. The summed E-state index contributed by atoms with van der Waals surface area (Å²) in [6.45, 7) is 10.7. The molecular weight excluding hydrogens is 339 g/mol. The highest BCUT2D eigenvalue weighted by molar-refractivity contribution is 14.0. The topological polar surface area (TPSA) is 39.7 Å². The van der Waals surface area contributed by atoms with Gasteiger partial charge in [0.25, 0.3) is 0 Å². The Bertz CT molecular complexity index is 243. The smallest absolute Gasteiger partial charge is 0.191 e. The van der Waals surface area contributed by atoms with Gasteiger partial charge in [0.2, 0.25) is 0 Å². The van der Waals surface area contributed by atoms with E-state index in [-0.39, 0.29) is 24.0 Å². The van der Waals surface area contributed by atoms with Crippen LogP contribution in [0.15, 0.2) is 4.99 Å². The Hall–Kier alpha value is -0.0400. The third kappa shape index (κ3) is 7.41. The Kier molecular flexibility index (Phi) is 9.81. The first-order valence-electron chi connectivity index (χ1n) is 6.85. The Morgan fingerprint density at radius 2 is 2.17 bits per heavy atom. The average molecular weight is 368 g/mol. The average Bonchev–Trinajstić information content (AvgIpc) is 2.26. The van der Waals surface area contributed by atoms with Crippen LogP contribution in [-0.2, 0) is 0 Å². The van der Waals surface area contributed by atoms with Crippen LogP contribution in [0.5, 0.6) is 0 Å². The summed E-state index contributed by atoms with van der Waals surface area (Å²) in [6.07, 6.45) is 2.62. The van der Waals surface area contributed by atoms with Gasteiger partial charge in [0.15, 0.2) is 5.96 Å². The molecule has 1 fully saturated rings. The van der Waals surface area contributed by atoms with Crippen LogP contribution in [0.3, 0.4) is 0 Å². The van der Waals surface area contributed by atoms with Crippen LogP contribution < -0.4 is 10.6 Å². The highest BCUT2D eigenvalue weighted by Gasteiger charge is 2.16. The molecule has 0 saturated carbocycles. The van der Waals surface area contributed by atoms with Crippen molar-refractivity contribution in [2.75, 3.05) is 33.2 Å². The number of halogens is 1. The highest BCUT2D eigenvalue weighted by atomic mass is 127. The molecule has 0 aromatic carbocycles. The third-order valence-electron chi connectivity index (χ3n) is 3.00. The van der Waals surface area contributed by atoms with Gasteiger partial charge in [-0.3, -0.25) is 4.99 Å². The second kappa shape index (κ2) is 9.83. The van der Waals surface area contributed by atoms with E-state index in [1.54, 1.807) is 0 Å². The van der Waals surface area contributed by atoms with Gasteiger partial charge in [-0.25, -0.2) is 0 Å². The predicted molar refractivity (Wildman–Crippen MR) is 89.9 cm³/mol. The van der Waals surface area contributed by atoms with Crippen molar-refractivity contribution in [2.24, 2.45) is 10.9 Å². The van der Waals surface area contributed by atoms with Gasteiger partial charge in [0.05, 0.1) is 0 Å². The van der Waals surface area contributed by atoms with Crippen molar-refractivity contribution in [3.63, 3.8) is 0 Å². The largest absolute Gasteiger partial charge is 0.357 e. The Morgan fingerprint density at radius 1 is 1.44 bits per heavy atom. The zero-order chi connectivity index (χ0) is 12.7. The summed E-state index contributed by atoms with van der Waals surface area (Å²) in [5.41, 5.74) is 0. The van der Waals surface area contributed by atoms with Crippen LogP contribution in [0.2, 0.25) is 0 Å². The van der Waals surface area contributed by atoms with E-state index in [1.807, 2.05) is 0 Å². The van der Waals surface area contributed by atoms with Crippen LogP contribution in [0.1, 0.15) is 33.6 Å². The van der Waals surface area contributed by atoms with Crippen molar-refractivity contribution in [3.05, 3.63) is 0 Å². The van der Waals surface area contributed by atoms with Crippen LogP contribution in [0, 0.1) is 5.92 Å². The minimum Gasteiger partial charge on any atom is -0.357 e. The monoisotopic (exact) mass is 368 g/mol. The van der Waals surface area contributed by atoms with Crippen LogP contribution in [0.25, 0.3) is 0 Å². The first kappa shape index (κ1) is 18.0. The molecule has 18 heavy (non-hydrogen) atoms. The number of aliphatic imine (C=N–C) groups is 1. The van der Waals surface area contributed by atoms with E-state index in [0.717, 1.165) is 25.0 Å². The van der Waals surface area contributed by atoms with E-state index < -0.39 is 0 Å². The van der Waals surface area contributed by atoms with Crippen molar-refractivity contribution >= 4 is 29.9 Å². The predicted octanol–water partition coefficient (Wildman–Crippen LogP) is 1.91. The number of hydrogen-bond acceptors (Lipinski definition) is 2. The number of piperidine rings is 1. The molecule has 1 saturated heterocycles. The van der Waals surface area contributed by atoms with E-state index in [0.29, 0.717) is 6.04 Å². The summed E-state index contributed by atoms with van der Waals surface area (Å²) in [5, 5.41) is 6.65. The maximum Gasteiger partial charge on any atom is 0.191 e. The van der Waals surface area contributed by atoms with Gasteiger partial charge in [0.1, 0.15) is 0 Å². The standard InChI is InChI=1S/C13H28N4.HI/c1-5-14-13(16-11(2)3)15-9-12-7-6-8-17(4)10-12;/h11-12H,5-10H2,1-4H3,(H2,14,15,16);1H. The van der Waals surface area contributed by atoms with E-state index in [2.05, 4.69) is 48.3 Å². The molecule has 0 aliphatic carbocycles. The molecular formula is C13H29IN4. The zero-order valence-electron chi connectivity index (χ0n) is 12.2. The molecule has 0 spiro atoms. The van der Waals surface area contributed by atoms with E-state index >= 15 is 0 Å². The minimum atomic E-state index is 0. The first-order chi connectivity index (χ1) is 8.11. The summed E-state index contributed by atoms with van der Waals surface area (Å²) in [7, 11) is 2.20. The number of nitrogens with zero attached hydrogens (tertiary/aromatic N) is 2. The Labute approximate surface area is 129 Å². The fraction of sp³-hybridized carbons (Fsp3) is 0.923. The maximum absolute atomic E-state index is 4.68. The van der Waals surface area contributed by atoms with E-state index in [1.165, 1.54) is 25.9 Å². The molecule has 1 aliphatic heterocycles. The van der Waals surface area contributed by atoms with Crippen molar-refractivity contribution in [3.8, 4) is 0 Å². The molecule has 1 rings (SSSR count). The van der Waals surface area contributed by atoms with Crippen molar-refractivity contribution < 1.29 is 0 Å². The molecule has 5 heteroatoms. The zero-order valence-corrected chi connectivity index (χ0v) is 14.5. The molecule has 1 atom stereocenters. The summed E-state index contributed by atoms with van der Waals surface area (Å²) in [5.74, 6) is 1.67. The normalized spacial score (nSPS) is 21.6. The van der Waals surface area contributed by atoms with Gasteiger partial charge in [-0.1, -0.05) is 0 Å². The third-order valence-corrected chi connectivity index (χ3v) is 3.00. The van der Waals surface area contributed by atoms with Gasteiger partial charge in [-0.2, -0.15) is 0 Å². The number of guanidine groups is 1. The molecule has 0 bridgehead atoms. The number of hydrogen-bond donors (Lipinski definition) is 2. The number of nitrogens with one attached hydrogen (secondary N) is 2. The summed E-state index contributed by atoms with van der Waals surface area (Å²) in [4.78, 5) is 7.09. The van der Waals surface area contributed by atoms with E-state index in [9.17, 15) is 0 Å². The lowest BCUT2D eigenvalue weighted by Crippen LogP contribution is -2.42. The van der Waals surface area contributed by atoms with Gasteiger partial charge < -0.3 is 15.5 Å². The molecule has 0 aromatic rings. The lowest BCUT2D eigenvalue weighted by atomic mass is 9.99. The molecule has 2 N–H and O–H groups in total. The lowest BCUT2D eigenvalue weighted by molar-refractivity contribution is 0.214. The van der Waals surface area contributed by atoms with Gasteiger partial charge in [0, 0.05) is 25.7 Å². The maximum atomic E-state index is 4.68. The van der Waals surface area contributed by atoms with Crippen LogP contribution in [-0.4, -0.2) is 50.1 Å². The number of likely N-dealkylation sites (tertiary alicyclic amines) is 1. The van der Waals surface area contributed by atoms with Gasteiger partial charge in [-0.15, -0.1) is 24.0 Å². The summed E-state index contributed by atoms with van der Waals surface area (Å²) >= 11 is 0. The number of rotatable bonds is 4. The quantitative estimate of drug-likeness (QED) is 0.453. The van der Waals surface area contributed by atoms with Gasteiger partial charge >= 0.3 is 0 Å². The minimum absolute atomic E-state index is 0. The Morgan fingerprint density at radius 3 is 2.72 bits per heavy atom. The van der Waals surface area contributed by atoms with Crippen LogP contribution >= 0.6 is 24.0 Å². The van der Waals surface area contributed by atoms with E-state index in [4.69, 9.17) is 0 Å². The lowest BCUT2D eigenvalue weighted by Gasteiger charge is -2.28. The molecule has 0 radical (unpaired) electrons. The van der Waals surface area contributed by atoms with Crippen molar-refractivity contribution in [2.45, 2.75) is 39.7 Å². The first-order valence-corrected chi connectivity index (χ1v) is 6.85. The summed E-state index contributed by atoms with van der Waals surface area (Å²) < 4.78 is 0. The van der Waals surface area contributed by atoms with Crippen molar-refractivity contribution in [1.29, 1.82) is 0 Å². The van der Waals surface area contributed by atoms with Gasteiger partial charge in [-0.05, 0) is 53.1 Å². The molecule has 108 valence electrons. The fourth-order valence-corrected chi connectivity index (χ4v) is 2.24. The second-order valence-electron chi connectivity index (χ2n) is 5.29. The molecule has 1 aliphatic rings. The molecule has 1 heterocycles. The van der Waals surface area contributed by atoms with Crippen LogP contribution in [0.4, 0.5) is 0 Å². The molecule has 1 unspecified atom stereocenters. The Balaban J connectivity index is 0.00000289. The highest BCUT2D eigenvalue weighted by Crippen LogP contribution is 2.14. The molecule has 4 nitrogen and oxygen atoms in total. The molecule has 0 aromatic heterocycles. The summed E-state index contributed by atoms with van der Waals surface area (Å²) in [6, 6.07) is 0.432. The SMILES string of the molecule is CCNC(=NCC1CCCN(C)C1)NC(C)C.I. The second-order valence-corrected chi connectivity index (χ2v) is 5.29. The molecule has 0 amide bonds.